The van der Waals surface area contributed by atoms with E-state index in [1.165, 1.54) is 16.7 Å². The quantitative estimate of drug-likeness (QED) is 0.339. The summed E-state index contributed by atoms with van der Waals surface area (Å²) in [6, 6.07) is 24.1. The van der Waals surface area contributed by atoms with E-state index in [0.29, 0.717) is 37.5 Å². The Bertz CT molecular complexity index is 1440. The summed E-state index contributed by atoms with van der Waals surface area (Å²) in [4.78, 5) is 27.5. The molecule has 6 heteroatoms. The summed E-state index contributed by atoms with van der Waals surface area (Å²) in [5, 5.41) is 0. The first-order valence-electron chi connectivity index (χ1n) is 13.1. The van der Waals surface area contributed by atoms with Gasteiger partial charge < -0.3 is 14.5 Å². The van der Waals surface area contributed by atoms with Crippen LogP contribution in [0.3, 0.4) is 0 Å². The monoisotopic (exact) mass is 506 g/mol. The summed E-state index contributed by atoms with van der Waals surface area (Å²) in [6.45, 7) is 9.04. The second-order valence-electron chi connectivity index (χ2n) is 9.92. The van der Waals surface area contributed by atoms with Crippen molar-refractivity contribution in [1.29, 1.82) is 0 Å². The van der Waals surface area contributed by atoms with Crippen molar-refractivity contribution in [2.45, 2.75) is 27.2 Å². The zero-order chi connectivity index (χ0) is 26.6. The van der Waals surface area contributed by atoms with Crippen LogP contribution in [0.25, 0.3) is 11.4 Å². The minimum atomic E-state index is 0.0306. The molecule has 38 heavy (non-hydrogen) atoms. The molecule has 0 spiro atoms. The largest absolute Gasteiger partial charge is 0.497 e. The minimum Gasteiger partial charge on any atom is -0.497 e. The maximum absolute atomic E-state index is 13.2. The number of methoxy groups -OCH3 is 1. The summed E-state index contributed by atoms with van der Waals surface area (Å²) in [7, 11) is 1.62. The van der Waals surface area contributed by atoms with Gasteiger partial charge in [0.2, 0.25) is 0 Å². The first-order chi connectivity index (χ1) is 18.4. The Morgan fingerprint density at radius 2 is 1.63 bits per heavy atom. The Hall–Kier alpha value is -4.19. The minimum absolute atomic E-state index is 0.0306. The number of carbonyl (C=O) groups excluding carboxylic acids is 1. The Morgan fingerprint density at radius 1 is 0.868 bits per heavy atom. The molecule has 5 rings (SSSR count). The molecule has 1 aromatic heterocycles. The van der Waals surface area contributed by atoms with Crippen molar-refractivity contribution in [3.05, 3.63) is 106 Å². The van der Waals surface area contributed by atoms with Gasteiger partial charge in [-0.1, -0.05) is 60.2 Å². The first-order valence-corrected chi connectivity index (χ1v) is 13.1. The molecule has 1 aliphatic rings. The Kier molecular flexibility index (Phi) is 7.40. The van der Waals surface area contributed by atoms with Crippen molar-refractivity contribution in [1.82, 2.24) is 14.9 Å². The van der Waals surface area contributed by atoms with Crippen LogP contribution < -0.4 is 9.64 Å². The molecule has 0 atom stereocenters. The molecule has 3 aromatic carbocycles. The Balaban J connectivity index is 1.45. The van der Waals surface area contributed by atoms with Gasteiger partial charge in [0.05, 0.1) is 7.11 Å². The van der Waals surface area contributed by atoms with Crippen molar-refractivity contribution in [3.63, 3.8) is 0 Å². The van der Waals surface area contributed by atoms with E-state index in [-0.39, 0.29) is 5.91 Å². The molecule has 194 valence electrons. The Morgan fingerprint density at radius 3 is 2.37 bits per heavy atom. The number of hydrogen-bond donors (Lipinski definition) is 0. The fourth-order valence-electron chi connectivity index (χ4n) is 5.01. The number of amides is 1. The van der Waals surface area contributed by atoms with Crippen molar-refractivity contribution in [3.8, 4) is 17.1 Å². The molecule has 1 fully saturated rings. The van der Waals surface area contributed by atoms with E-state index < -0.39 is 0 Å². The van der Waals surface area contributed by atoms with E-state index in [0.717, 1.165) is 34.9 Å². The third kappa shape index (κ3) is 5.40. The number of rotatable bonds is 6. The maximum Gasteiger partial charge on any atom is 0.254 e. The molecule has 1 aliphatic heterocycles. The van der Waals surface area contributed by atoms with Crippen molar-refractivity contribution in [2.24, 2.45) is 0 Å². The third-order valence-corrected chi connectivity index (χ3v) is 7.28. The molecule has 6 nitrogen and oxygen atoms in total. The molecule has 0 saturated carbocycles. The topological polar surface area (TPSA) is 58.6 Å². The zero-order valence-electron chi connectivity index (χ0n) is 22.6. The van der Waals surface area contributed by atoms with E-state index in [2.05, 4.69) is 43.9 Å². The lowest BCUT2D eigenvalue weighted by Crippen LogP contribution is -2.49. The van der Waals surface area contributed by atoms with Gasteiger partial charge in [0.15, 0.2) is 5.82 Å². The normalized spacial score (nSPS) is 13.5. The second-order valence-corrected chi connectivity index (χ2v) is 9.92. The first kappa shape index (κ1) is 25.5. The van der Waals surface area contributed by atoms with Crippen molar-refractivity contribution in [2.75, 3.05) is 38.2 Å². The SMILES string of the molecule is COc1cccc(C(=O)N2CCN(c3nc(-c4ccccc4)nc(C)c3Cc3cc(C)ccc3C)CC2)c1. The lowest BCUT2D eigenvalue weighted by molar-refractivity contribution is 0.0746. The molecule has 1 amide bonds. The average molecular weight is 507 g/mol. The second kappa shape index (κ2) is 11.1. The van der Waals surface area contributed by atoms with Gasteiger partial charge in [-0.2, -0.15) is 0 Å². The van der Waals surface area contributed by atoms with Gasteiger partial charge in [-0.05, 0) is 50.1 Å². The lowest BCUT2D eigenvalue weighted by Gasteiger charge is -2.36. The number of benzene rings is 3. The van der Waals surface area contributed by atoms with Crippen LogP contribution in [-0.2, 0) is 6.42 Å². The van der Waals surface area contributed by atoms with E-state index >= 15 is 0 Å². The summed E-state index contributed by atoms with van der Waals surface area (Å²) in [5.74, 6) is 2.42. The molecule has 0 radical (unpaired) electrons. The van der Waals surface area contributed by atoms with Crippen LogP contribution >= 0.6 is 0 Å². The highest BCUT2D eigenvalue weighted by Crippen LogP contribution is 2.29. The fourth-order valence-corrected chi connectivity index (χ4v) is 5.01. The van der Waals surface area contributed by atoms with E-state index in [1.807, 2.05) is 53.4 Å². The van der Waals surface area contributed by atoms with Gasteiger partial charge in [0.25, 0.3) is 5.91 Å². The third-order valence-electron chi connectivity index (χ3n) is 7.28. The fraction of sp³-hybridized carbons (Fsp3) is 0.281. The standard InChI is InChI=1S/C32H34N4O2/c1-22-13-14-23(2)27(19-22)21-29-24(3)33-30(25-9-6-5-7-10-25)34-31(29)35-15-17-36(18-16-35)32(37)26-11-8-12-28(20-26)38-4/h5-14,19-20H,15-18,21H2,1-4H3. The number of nitrogens with zero attached hydrogens (tertiary/aromatic N) is 4. The summed E-state index contributed by atoms with van der Waals surface area (Å²) in [6.07, 6.45) is 0.771. The molecule has 0 N–H and O–H groups in total. The summed E-state index contributed by atoms with van der Waals surface area (Å²) >= 11 is 0. The number of hydrogen-bond acceptors (Lipinski definition) is 5. The van der Waals surface area contributed by atoms with Crippen LogP contribution in [-0.4, -0.2) is 54.1 Å². The predicted molar refractivity (Wildman–Crippen MR) is 152 cm³/mol. The van der Waals surface area contributed by atoms with Crippen LogP contribution in [0.15, 0.2) is 72.8 Å². The predicted octanol–water partition coefficient (Wildman–Crippen LogP) is 5.63. The number of ether oxygens (including phenoxy) is 1. The number of anilines is 1. The molecular weight excluding hydrogens is 472 g/mol. The molecule has 0 unspecified atom stereocenters. The zero-order valence-corrected chi connectivity index (χ0v) is 22.6. The van der Waals surface area contributed by atoms with Gasteiger partial charge in [-0.15, -0.1) is 0 Å². The highest BCUT2D eigenvalue weighted by molar-refractivity contribution is 5.94. The van der Waals surface area contributed by atoms with Crippen LogP contribution in [0, 0.1) is 20.8 Å². The molecular formula is C32H34N4O2. The van der Waals surface area contributed by atoms with Gasteiger partial charge in [0, 0.05) is 55.0 Å². The van der Waals surface area contributed by atoms with E-state index in [4.69, 9.17) is 14.7 Å². The summed E-state index contributed by atoms with van der Waals surface area (Å²) < 4.78 is 5.31. The van der Waals surface area contributed by atoms with Crippen molar-refractivity contribution >= 4 is 11.7 Å². The molecule has 0 bridgehead atoms. The number of aryl methyl sites for hydroxylation is 3. The average Bonchev–Trinajstić information content (AvgIpc) is 2.96. The highest BCUT2D eigenvalue weighted by Gasteiger charge is 2.26. The lowest BCUT2D eigenvalue weighted by atomic mass is 9.97. The van der Waals surface area contributed by atoms with Crippen molar-refractivity contribution < 1.29 is 9.53 Å². The van der Waals surface area contributed by atoms with Crippen LogP contribution in [0.1, 0.15) is 38.3 Å². The van der Waals surface area contributed by atoms with Gasteiger partial charge >= 0.3 is 0 Å². The summed E-state index contributed by atoms with van der Waals surface area (Å²) in [5.41, 5.74) is 7.59. The van der Waals surface area contributed by atoms with Crippen LogP contribution in [0.2, 0.25) is 0 Å². The molecule has 1 saturated heterocycles. The van der Waals surface area contributed by atoms with E-state index in [9.17, 15) is 4.79 Å². The molecule has 2 heterocycles. The van der Waals surface area contributed by atoms with Gasteiger partial charge in [0.1, 0.15) is 11.6 Å². The van der Waals surface area contributed by atoms with Crippen LogP contribution in [0.5, 0.6) is 5.75 Å². The highest BCUT2D eigenvalue weighted by atomic mass is 16.5. The number of piperazine rings is 1. The van der Waals surface area contributed by atoms with E-state index in [1.54, 1.807) is 13.2 Å². The number of aromatic nitrogens is 2. The van der Waals surface area contributed by atoms with Gasteiger partial charge in [-0.3, -0.25) is 4.79 Å². The molecule has 0 aliphatic carbocycles. The smallest absolute Gasteiger partial charge is 0.254 e. The van der Waals surface area contributed by atoms with Crippen LogP contribution in [0.4, 0.5) is 5.82 Å². The maximum atomic E-state index is 13.2. The number of carbonyl (C=O) groups is 1. The Labute approximate surface area is 224 Å². The molecule has 4 aromatic rings. The van der Waals surface area contributed by atoms with Gasteiger partial charge in [-0.25, -0.2) is 9.97 Å².